The van der Waals surface area contributed by atoms with E-state index in [0.717, 1.165) is 38.9 Å². The van der Waals surface area contributed by atoms with Crippen molar-refractivity contribution in [2.75, 3.05) is 38.0 Å². The van der Waals surface area contributed by atoms with Crippen LogP contribution in [0.5, 0.6) is 0 Å². The third kappa shape index (κ3) is 2.74. The summed E-state index contributed by atoms with van der Waals surface area (Å²) in [7, 11) is 0. The Morgan fingerprint density at radius 3 is 2.74 bits per heavy atom. The number of anilines is 1. The van der Waals surface area contributed by atoms with Gasteiger partial charge in [-0.3, -0.25) is 4.79 Å². The second kappa shape index (κ2) is 6.16. The predicted molar refractivity (Wildman–Crippen MR) is 92.7 cm³/mol. The van der Waals surface area contributed by atoms with Crippen molar-refractivity contribution in [3.8, 4) is 0 Å². The molecule has 1 N–H and O–H groups in total. The summed E-state index contributed by atoms with van der Waals surface area (Å²) in [6, 6.07) is 9.51. The highest BCUT2D eigenvalue weighted by Crippen LogP contribution is 2.44. The highest BCUT2D eigenvalue weighted by molar-refractivity contribution is 5.60. The first kappa shape index (κ1) is 15.0. The molecule has 4 rings (SSSR count). The topological polar surface area (TPSA) is 35.6 Å². The molecule has 2 saturated heterocycles. The van der Waals surface area contributed by atoms with Crippen molar-refractivity contribution in [3.05, 3.63) is 29.8 Å². The summed E-state index contributed by atoms with van der Waals surface area (Å²) in [6.45, 7) is 5.36. The van der Waals surface area contributed by atoms with Gasteiger partial charge in [0.15, 0.2) is 0 Å². The van der Waals surface area contributed by atoms with E-state index in [2.05, 4.69) is 34.5 Å². The number of carbonyl (C=O) groups excluding carboxylic acids is 1. The van der Waals surface area contributed by atoms with Crippen molar-refractivity contribution in [1.82, 2.24) is 9.80 Å². The first-order valence-electron chi connectivity index (χ1n) is 9.08. The Morgan fingerprint density at radius 2 is 1.91 bits per heavy atom. The van der Waals surface area contributed by atoms with Gasteiger partial charge in [0.25, 0.3) is 0 Å². The third-order valence-electron chi connectivity index (χ3n) is 6.27. The monoisotopic (exact) mass is 313 g/mol. The van der Waals surface area contributed by atoms with Crippen LogP contribution in [0.1, 0.15) is 37.7 Å². The summed E-state index contributed by atoms with van der Waals surface area (Å²) >= 11 is 0. The average molecular weight is 313 g/mol. The molecule has 3 heterocycles. The number of fused-ring (bicyclic) bond motifs is 2. The summed E-state index contributed by atoms with van der Waals surface area (Å²) in [5, 5.41) is 3.61. The fourth-order valence-electron chi connectivity index (χ4n) is 4.79. The molecular formula is C19H27N3O. The van der Waals surface area contributed by atoms with Gasteiger partial charge >= 0.3 is 0 Å². The van der Waals surface area contributed by atoms with Crippen LogP contribution in [0.2, 0.25) is 0 Å². The minimum absolute atomic E-state index is 0.354. The normalized spacial score (nSPS) is 27.3. The number of carbonyl (C=O) groups is 1. The van der Waals surface area contributed by atoms with Crippen LogP contribution in [0, 0.1) is 0 Å². The first-order chi connectivity index (χ1) is 11.3. The van der Waals surface area contributed by atoms with Crippen molar-refractivity contribution in [2.45, 2.75) is 43.6 Å². The molecule has 124 valence electrons. The second-order valence-corrected chi connectivity index (χ2v) is 7.44. The largest absolute Gasteiger partial charge is 0.384 e. The van der Waals surface area contributed by atoms with Crippen LogP contribution in [-0.2, 0) is 10.2 Å². The minimum atomic E-state index is 0.354. The van der Waals surface area contributed by atoms with Gasteiger partial charge in [0.1, 0.15) is 0 Å². The number of hydrogen-bond acceptors (Lipinski definition) is 3. The van der Waals surface area contributed by atoms with E-state index in [1.807, 2.05) is 4.90 Å². The molecule has 0 saturated carbocycles. The summed E-state index contributed by atoms with van der Waals surface area (Å²) < 4.78 is 0. The fourth-order valence-corrected chi connectivity index (χ4v) is 4.79. The average Bonchev–Trinajstić information content (AvgIpc) is 2.80. The third-order valence-corrected chi connectivity index (χ3v) is 6.27. The highest BCUT2D eigenvalue weighted by Gasteiger charge is 2.42. The summed E-state index contributed by atoms with van der Waals surface area (Å²) in [5.41, 5.74) is 3.23. The number of hydrogen-bond donors (Lipinski definition) is 1. The van der Waals surface area contributed by atoms with Crippen LogP contribution in [0.15, 0.2) is 24.3 Å². The van der Waals surface area contributed by atoms with Gasteiger partial charge in [-0.2, -0.15) is 0 Å². The zero-order valence-electron chi connectivity index (χ0n) is 13.8. The molecular weight excluding hydrogens is 286 g/mol. The van der Waals surface area contributed by atoms with E-state index in [1.54, 1.807) is 0 Å². The maximum Gasteiger partial charge on any atom is 0.209 e. The Hall–Kier alpha value is -1.55. The highest BCUT2D eigenvalue weighted by atomic mass is 16.1. The molecule has 4 heteroatoms. The van der Waals surface area contributed by atoms with E-state index in [1.165, 1.54) is 43.6 Å². The summed E-state index contributed by atoms with van der Waals surface area (Å²) in [6.07, 6.45) is 7.06. The van der Waals surface area contributed by atoms with Crippen molar-refractivity contribution >= 4 is 12.1 Å². The Balaban J connectivity index is 1.41. The molecule has 0 radical (unpaired) electrons. The molecule has 1 amide bonds. The van der Waals surface area contributed by atoms with Gasteiger partial charge in [-0.05, 0) is 56.8 Å². The molecule has 1 unspecified atom stereocenters. The SMILES string of the molecule is O=CN1CCCC(N2CCC3(CC2)CNc2ccccc23)CC1. The number of likely N-dealkylation sites (tertiary alicyclic amines) is 2. The summed E-state index contributed by atoms with van der Waals surface area (Å²) in [4.78, 5) is 15.6. The zero-order valence-corrected chi connectivity index (χ0v) is 13.8. The van der Waals surface area contributed by atoms with Gasteiger partial charge in [-0.1, -0.05) is 18.2 Å². The molecule has 1 atom stereocenters. The Morgan fingerprint density at radius 1 is 1.09 bits per heavy atom. The number of amides is 1. The number of rotatable bonds is 2. The van der Waals surface area contributed by atoms with E-state index in [4.69, 9.17) is 0 Å². The number of nitrogens with zero attached hydrogens (tertiary/aromatic N) is 2. The molecule has 4 nitrogen and oxygen atoms in total. The Labute approximate surface area is 138 Å². The van der Waals surface area contributed by atoms with Crippen molar-refractivity contribution in [1.29, 1.82) is 0 Å². The molecule has 1 aromatic rings. The molecule has 0 aliphatic carbocycles. The Kier molecular flexibility index (Phi) is 4.02. The lowest BCUT2D eigenvalue weighted by Crippen LogP contribution is -2.48. The van der Waals surface area contributed by atoms with E-state index in [-0.39, 0.29) is 0 Å². The van der Waals surface area contributed by atoms with Crippen LogP contribution >= 0.6 is 0 Å². The van der Waals surface area contributed by atoms with Crippen molar-refractivity contribution in [2.24, 2.45) is 0 Å². The molecule has 3 aliphatic rings. The molecule has 1 aromatic carbocycles. The van der Waals surface area contributed by atoms with Crippen LogP contribution < -0.4 is 5.32 Å². The maximum absolute atomic E-state index is 11.0. The van der Waals surface area contributed by atoms with E-state index >= 15 is 0 Å². The molecule has 0 bridgehead atoms. The first-order valence-corrected chi connectivity index (χ1v) is 9.08. The quantitative estimate of drug-likeness (QED) is 0.852. The molecule has 2 fully saturated rings. The predicted octanol–water partition coefficient (Wildman–Crippen LogP) is 2.46. The number of piperidine rings is 1. The maximum atomic E-state index is 11.0. The number of nitrogens with one attached hydrogen (secondary N) is 1. The van der Waals surface area contributed by atoms with E-state index < -0.39 is 0 Å². The van der Waals surface area contributed by atoms with Crippen LogP contribution in [0.25, 0.3) is 0 Å². The summed E-state index contributed by atoms with van der Waals surface area (Å²) in [5.74, 6) is 0. The number of benzene rings is 1. The molecule has 3 aliphatic heterocycles. The van der Waals surface area contributed by atoms with Gasteiger partial charge in [0, 0.05) is 36.8 Å². The van der Waals surface area contributed by atoms with E-state index in [0.29, 0.717) is 11.5 Å². The molecule has 0 aromatic heterocycles. The zero-order chi connectivity index (χ0) is 15.7. The van der Waals surface area contributed by atoms with Gasteiger partial charge in [-0.25, -0.2) is 0 Å². The standard InChI is InChI=1S/C19H27N3O/c23-15-21-10-3-4-16(7-11-21)22-12-8-19(9-13-22)14-20-18-6-2-1-5-17(18)19/h1-2,5-6,15-16,20H,3-4,7-14H2. The smallest absolute Gasteiger partial charge is 0.209 e. The van der Waals surface area contributed by atoms with Crippen LogP contribution in [-0.4, -0.2) is 55.0 Å². The van der Waals surface area contributed by atoms with E-state index in [9.17, 15) is 4.79 Å². The lowest BCUT2D eigenvalue weighted by molar-refractivity contribution is -0.118. The lowest BCUT2D eigenvalue weighted by atomic mass is 9.74. The lowest BCUT2D eigenvalue weighted by Gasteiger charge is -2.42. The van der Waals surface area contributed by atoms with Gasteiger partial charge in [0.2, 0.25) is 6.41 Å². The Bertz CT molecular complexity index is 565. The van der Waals surface area contributed by atoms with Crippen LogP contribution in [0.4, 0.5) is 5.69 Å². The minimum Gasteiger partial charge on any atom is -0.384 e. The van der Waals surface area contributed by atoms with Gasteiger partial charge < -0.3 is 15.1 Å². The molecule has 1 spiro atoms. The fraction of sp³-hybridized carbons (Fsp3) is 0.632. The van der Waals surface area contributed by atoms with Gasteiger partial charge in [-0.15, -0.1) is 0 Å². The molecule has 23 heavy (non-hydrogen) atoms. The number of para-hydroxylation sites is 1. The van der Waals surface area contributed by atoms with Gasteiger partial charge in [0.05, 0.1) is 0 Å². The second-order valence-electron chi connectivity index (χ2n) is 7.44. The van der Waals surface area contributed by atoms with Crippen molar-refractivity contribution in [3.63, 3.8) is 0 Å². The van der Waals surface area contributed by atoms with Crippen molar-refractivity contribution < 1.29 is 4.79 Å². The van der Waals surface area contributed by atoms with Crippen LogP contribution in [0.3, 0.4) is 0 Å².